The number of hydrogen-bond acceptors (Lipinski definition) is 4. The molecule has 0 bridgehead atoms. The maximum atomic E-state index is 13.7. The Bertz CT molecular complexity index is 1100. The Balaban J connectivity index is 2.42. The first kappa shape index (κ1) is 19.2. The van der Waals surface area contributed by atoms with E-state index in [0.717, 1.165) is 11.6 Å². The molecule has 0 saturated heterocycles. The summed E-state index contributed by atoms with van der Waals surface area (Å²) in [4.78, 5) is 18.9. The van der Waals surface area contributed by atoms with Crippen LogP contribution in [0.25, 0.3) is 22.3 Å². The third kappa shape index (κ3) is 3.79. The molecule has 0 aliphatic rings. The number of nitrogens with zero attached hydrogens (tertiary/aromatic N) is 2. The highest BCUT2D eigenvalue weighted by Crippen LogP contribution is 2.35. The molecule has 0 atom stereocenters. The highest BCUT2D eigenvalue weighted by atomic mass is 32.1. The second-order valence-electron chi connectivity index (χ2n) is 6.02. The molecule has 0 amide bonds. The van der Waals surface area contributed by atoms with Gasteiger partial charge in [0, 0.05) is 12.7 Å². The minimum atomic E-state index is -4.73. The van der Waals surface area contributed by atoms with E-state index in [0.29, 0.717) is 5.56 Å². The lowest BCUT2D eigenvalue weighted by molar-refractivity contribution is -0.136. The molecule has 9 heteroatoms. The molecule has 3 aromatic rings. The fraction of sp³-hybridized carbons (Fsp3) is 0.278. The zero-order valence-corrected chi connectivity index (χ0v) is 15.4. The SMILES string of the molecule is COCCn1c(=S)[nH]c(=O)c2c(C(F)(F)F)cc(-c3ccc(C)cc3)nc21. The third-order valence-corrected chi connectivity index (χ3v) is 4.44. The van der Waals surface area contributed by atoms with Gasteiger partial charge in [-0.1, -0.05) is 29.8 Å². The van der Waals surface area contributed by atoms with E-state index in [2.05, 4.69) is 9.97 Å². The minimum Gasteiger partial charge on any atom is -0.383 e. The fourth-order valence-electron chi connectivity index (χ4n) is 2.76. The summed E-state index contributed by atoms with van der Waals surface area (Å²) in [6.45, 7) is 2.23. The molecule has 0 aliphatic heterocycles. The Morgan fingerprint density at radius 3 is 2.52 bits per heavy atom. The number of fused-ring (bicyclic) bond motifs is 1. The summed E-state index contributed by atoms with van der Waals surface area (Å²) in [5, 5.41) is -0.539. The number of H-pyrrole nitrogens is 1. The van der Waals surface area contributed by atoms with Crippen molar-refractivity contribution in [2.24, 2.45) is 0 Å². The van der Waals surface area contributed by atoms with E-state index in [-0.39, 0.29) is 29.3 Å². The van der Waals surface area contributed by atoms with Crippen molar-refractivity contribution in [1.29, 1.82) is 0 Å². The Morgan fingerprint density at radius 2 is 1.93 bits per heavy atom. The van der Waals surface area contributed by atoms with Crippen LogP contribution < -0.4 is 5.56 Å². The van der Waals surface area contributed by atoms with Crippen molar-refractivity contribution in [2.75, 3.05) is 13.7 Å². The topological polar surface area (TPSA) is 59.9 Å². The maximum absolute atomic E-state index is 13.7. The molecule has 1 N–H and O–H groups in total. The van der Waals surface area contributed by atoms with Gasteiger partial charge >= 0.3 is 6.18 Å². The van der Waals surface area contributed by atoms with E-state index in [1.165, 1.54) is 11.7 Å². The van der Waals surface area contributed by atoms with Gasteiger partial charge in [-0.2, -0.15) is 13.2 Å². The predicted octanol–water partition coefficient (Wildman–Crippen LogP) is 4.09. The monoisotopic (exact) mass is 395 g/mol. The number of aryl methyl sites for hydroxylation is 1. The lowest BCUT2D eigenvalue weighted by Gasteiger charge is -2.16. The molecule has 142 valence electrons. The Morgan fingerprint density at radius 1 is 1.26 bits per heavy atom. The first-order valence-electron chi connectivity index (χ1n) is 8.03. The molecule has 0 radical (unpaired) electrons. The lowest BCUT2D eigenvalue weighted by Crippen LogP contribution is -2.21. The molecule has 0 aliphatic carbocycles. The second-order valence-corrected chi connectivity index (χ2v) is 6.41. The molecule has 5 nitrogen and oxygen atoms in total. The molecular formula is C18H16F3N3O2S. The molecule has 0 spiro atoms. The number of benzene rings is 1. The van der Waals surface area contributed by atoms with Crippen LogP contribution in [0, 0.1) is 11.7 Å². The van der Waals surface area contributed by atoms with Crippen LogP contribution in [0.5, 0.6) is 0 Å². The fourth-order valence-corrected chi connectivity index (χ4v) is 3.03. The summed E-state index contributed by atoms with van der Waals surface area (Å²) in [5.41, 5.74) is -0.496. The summed E-state index contributed by atoms with van der Waals surface area (Å²) in [5.74, 6) is 0. The zero-order valence-electron chi connectivity index (χ0n) is 14.6. The minimum absolute atomic E-state index is 0.00812. The highest BCUT2D eigenvalue weighted by molar-refractivity contribution is 7.71. The van der Waals surface area contributed by atoms with E-state index < -0.39 is 22.7 Å². The highest BCUT2D eigenvalue weighted by Gasteiger charge is 2.35. The van der Waals surface area contributed by atoms with E-state index in [1.807, 2.05) is 6.92 Å². The smallest absolute Gasteiger partial charge is 0.383 e. The number of halogens is 3. The summed E-state index contributed by atoms with van der Waals surface area (Å²) in [6.07, 6.45) is -4.73. The number of alkyl halides is 3. The van der Waals surface area contributed by atoms with Crippen LogP contribution in [0.4, 0.5) is 13.2 Å². The van der Waals surface area contributed by atoms with Gasteiger partial charge in [0.15, 0.2) is 4.77 Å². The second kappa shape index (κ2) is 7.24. The van der Waals surface area contributed by atoms with Gasteiger partial charge in [-0.3, -0.25) is 9.78 Å². The number of hydrogen-bond donors (Lipinski definition) is 1. The summed E-state index contributed by atoms with van der Waals surface area (Å²) >= 11 is 5.12. The van der Waals surface area contributed by atoms with Crippen molar-refractivity contribution in [3.63, 3.8) is 0 Å². The van der Waals surface area contributed by atoms with Crippen molar-refractivity contribution < 1.29 is 17.9 Å². The van der Waals surface area contributed by atoms with Crippen LogP contribution in [0.15, 0.2) is 35.1 Å². The van der Waals surface area contributed by atoms with Gasteiger partial charge in [0.25, 0.3) is 5.56 Å². The number of methoxy groups -OCH3 is 1. The Kier molecular flexibility index (Phi) is 5.16. The number of ether oxygens (including phenoxy) is 1. The normalized spacial score (nSPS) is 11.9. The van der Waals surface area contributed by atoms with Crippen molar-refractivity contribution in [2.45, 2.75) is 19.6 Å². The van der Waals surface area contributed by atoms with Crippen molar-refractivity contribution >= 4 is 23.3 Å². The lowest BCUT2D eigenvalue weighted by atomic mass is 10.0. The van der Waals surface area contributed by atoms with Gasteiger partial charge in [-0.15, -0.1) is 0 Å². The van der Waals surface area contributed by atoms with Gasteiger partial charge in [-0.25, -0.2) is 4.98 Å². The molecular weight excluding hydrogens is 379 g/mol. The molecule has 2 heterocycles. The van der Waals surface area contributed by atoms with Crippen molar-refractivity contribution in [1.82, 2.24) is 14.5 Å². The first-order valence-corrected chi connectivity index (χ1v) is 8.44. The molecule has 0 saturated carbocycles. The third-order valence-electron chi connectivity index (χ3n) is 4.12. The molecule has 0 fully saturated rings. The maximum Gasteiger partial charge on any atom is 0.417 e. The van der Waals surface area contributed by atoms with Crippen LogP contribution >= 0.6 is 12.2 Å². The molecule has 2 aromatic heterocycles. The molecule has 0 unspecified atom stereocenters. The van der Waals surface area contributed by atoms with E-state index in [9.17, 15) is 18.0 Å². The predicted molar refractivity (Wildman–Crippen MR) is 98.2 cm³/mol. The average molecular weight is 395 g/mol. The number of aromatic nitrogens is 3. The summed E-state index contributed by atoms with van der Waals surface area (Å²) < 4.78 is 47.4. The number of nitrogens with one attached hydrogen (secondary N) is 1. The quantitative estimate of drug-likeness (QED) is 0.676. The zero-order chi connectivity index (χ0) is 19.8. The van der Waals surface area contributed by atoms with Gasteiger partial charge in [0.05, 0.1) is 29.8 Å². The van der Waals surface area contributed by atoms with E-state index in [1.54, 1.807) is 24.3 Å². The average Bonchev–Trinajstić information content (AvgIpc) is 2.60. The number of pyridine rings is 1. The Labute approximate surface area is 157 Å². The number of rotatable bonds is 4. The summed E-state index contributed by atoms with van der Waals surface area (Å²) in [6, 6.07) is 7.83. The van der Waals surface area contributed by atoms with Gasteiger partial charge in [0.2, 0.25) is 0 Å². The van der Waals surface area contributed by atoms with Crippen molar-refractivity contribution in [3.05, 3.63) is 56.6 Å². The van der Waals surface area contributed by atoms with Gasteiger partial charge in [-0.05, 0) is 25.2 Å². The Hall–Kier alpha value is -2.52. The first-order chi connectivity index (χ1) is 12.7. The van der Waals surface area contributed by atoms with E-state index in [4.69, 9.17) is 17.0 Å². The van der Waals surface area contributed by atoms with Crippen LogP contribution in [0.2, 0.25) is 0 Å². The standard InChI is InChI=1S/C18H16F3N3O2S/c1-10-3-5-11(6-4-10)13-9-12(18(19,20)21)14-15(22-13)24(7-8-26-2)17(27)23-16(14)25/h3-6,9H,7-8H2,1-2H3,(H,23,25,27). The molecule has 27 heavy (non-hydrogen) atoms. The number of aromatic amines is 1. The van der Waals surface area contributed by atoms with Crippen LogP contribution in [0.1, 0.15) is 11.1 Å². The van der Waals surface area contributed by atoms with Crippen LogP contribution in [0.3, 0.4) is 0 Å². The van der Waals surface area contributed by atoms with Gasteiger partial charge < -0.3 is 9.30 Å². The van der Waals surface area contributed by atoms with Crippen LogP contribution in [-0.2, 0) is 17.5 Å². The largest absolute Gasteiger partial charge is 0.417 e. The van der Waals surface area contributed by atoms with Crippen LogP contribution in [-0.4, -0.2) is 28.3 Å². The van der Waals surface area contributed by atoms with Crippen molar-refractivity contribution in [3.8, 4) is 11.3 Å². The van der Waals surface area contributed by atoms with Gasteiger partial charge in [0.1, 0.15) is 5.65 Å². The molecule has 1 aromatic carbocycles. The summed E-state index contributed by atoms with van der Waals surface area (Å²) in [7, 11) is 1.46. The van der Waals surface area contributed by atoms with E-state index >= 15 is 0 Å². The molecule has 3 rings (SSSR count).